The van der Waals surface area contributed by atoms with E-state index in [-0.39, 0.29) is 24.2 Å². The first-order chi connectivity index (χ1) is 8.93. The van der Waals surface area contributed by atoms with Crippen molar-refractivity contribution in [2.45, 2.75) is 32.7 Å². The Morgan fingerprint density at radius 3 is 2.53 bits per heavy atom. The number of nitrogens with one attached hydrogen (secondary N) is 1. The predicted octanol–water partition coefficient (Wildman–Crippen LogP) is 2.31. The van der Waals surface area contributed by atoms with E-state index >= 15 is 0 Å². The number of sulfonamides is 1. The Balaban J connectivity index is 2.28. The van der Waals surface area contributed by atoms with Gasteiger partial charge in [0.1, 0.15) is 11.6 Å². The van der Waals surface area contributed by atoms with Gasteiger partial charge in [-0.1, -0.05) is 6.92 Å². The number of ether oxygens (including phenoxy) is 1. The second-order valence-electron chi connectivity index (χ2n) is 4.40. The largest absolute Gasteiger partial charge is 0.494 e. The minimum atomic E-state index is -3.24. The van der Waals surface area contributed by atoms with Crippen molar-refractivity contribution < 1.29 is 17.5 Å². The monoisotopic (exact) mass is 289 g/mol. The van der Waals surface area contributed by atoms with E-state index in [1.807, 2.05) is 13.8 Å². The highest BCUT2D eigenvalue weighted by molar-refractivity contribution is 7.89. The molecule has 0 heterocycles. The Bertz CT molecular complexity index is 473. The summed E-state index contributed by atoms with van der Waals surface area (Å²) >= 11 is 0. The highest BCUT2D eigenvalue weighted by atomic mass is 32.2. The molecule has 1 atom stereocenters. The van der Waals surface area contributed by atoms with Crippen LogP contribution in [0.5, 0.6) is 5.75 Å². The van der Waals surface area contributed by atoms with Crippen molar-refractivity contribution in [3.05, 3.63) is 30.1 Å². The van der Waals surface area contributed by atoms with Gasteiger partial charge >= 0.3 is 0 Å². The molecule has 4 nitrogen and oxygen atoms in total. The lowest BCUT2D eigenvalue weighted by molar-refractivity contribution is 0.317. The fourth-order valence-corrected chi connectivity index (χ4v) is 2.81. The molecule has 19 heavy (non-hydrogen) atoms. The average molecular weight is 289 g/mol. The molecule has 0 saturated heterocycles. The van der Waals surface area contributed by atoms with E-state index in [0.29, 0.717) is 12.2 Å². The minimum absolute atomic E-state index is 0.0263. The third-order valence-electron chi connectivity index (χ3n) is 2.63. The van der Waals surface area contributed by atoms with Crippen molar-refractivity contribution in [2.75, 3.05) is 12.4 Å². The zero-order chi connectivity index (χ0) is 14.3. The van der Waals surface area contributed by atoms with Gasteiger partial charge in [-0.3, -0.25) is 0 Å². The molecule has 108 valence electrons. The second kappa shape index (κ2) is 7.45. The Labute approximate surface area is 114 Å². The van der Waals surface area contributed by atoms with Gasteiger partial charge in [-0.15, -0.1) is 0 Å². The molecule has 1 N–H and O–H groups in total. The predicted molar refractivity (Wildman–Crippen MR) is 73.2 cm³/mol. The lowest BCUT2D eigenvalue weighted by Gasteiger charge is -2.12. The van der Waals surface area contributed by atoms with Gasteiger partial charge in [0.25, 0.3) is 0 Å². The van der Waals surface area contributed by atoms with E-state index in [2.05, 4.69) is 4.72 Å². The van der Waals surface area contributed by atoms with Crippen molar-refractivity contribution in [3.8, 4) is 5.75 Å². The summed E-state index contributed by atoms with van der Waals surface area (Å²) < 4.78 is 43.8. The zero-order valence-electron chi connectivity index (χ0n) is 11.2. The Hall–Kier alpha value is -1.14. The van der Waals surface area contributed by atoms with Gasteiger partial charge in [-0.05, 0) is 44.0 Å². The quantitative estimate of drug-likeness (QED) is 0.747. The van der Waals surface area contributed by atoms with Crippen molar-refractivity contribution in [1.82, 2.24) is 4.72 Å². The van der Waals surface area contributed by atoms with Gasteiger partial charge in [0, 0.05) is 6.04 Å². The lowest BCUT2D eigenvalue weighted by Crippen LogP contribution is -2.34. The summed E-state index contributed by atoms with van der Waals surface area (Å²) in [4.78, 5) is 0. The molecule has 6 heteroatoms. The van der Waals surface area contributed by atoms with Crippen LogP contribution in [-0.2, 0) is 10.0 Å². The molecule has 0 saturated carbocycles. The van der Waals surface area contributed by atoms with E-state index in [9.17, 15) is 12.8 Å². The molecule has 0 bridgehead atoms. The molecule has 0 aliphatic carbocycles. The van der Waals surface area contributed by atoms with Crippen LogP contribution in [-0.4, -0.2) is 26.8 Å². The molecule has 1 unspecified atom stereocenters. The van der Waals surface area contributed by atoms with Crippen LogP contribution in [0.2, 0.25) is 0 Å². The van der Waals surface area contributed by atoms with Crippen LogP contribution in [0.25, 0.3) is 0 Å². The number of hydrogen-bond acceptors (Lipinski definition) is 3. The van der Waals surface area contributed by atoms with Crippen LogP contribution in [0.15, 0.2) is 24.3 Å². The van der Waals surface area contributed by atoms with Crippen molar-refractivity contribution in [1.29, 1.82) is 0 Å². The molecule has 0 spiro atoms. The van der Waals surface area contributed by atoms with Crippen molar-refractivity contribution >= 4 is 10.0 Å². The summed E-state index contributed by atoms with van der Waals surface area (Å²) in [5.41, 5.74) is 0. The summed E-state index contributed by atoms with van der Waals surface area (Å²) in [6.07, 6.45) is 1.15. The van der Waals surface area contributed by atoms with Gasteiger partial charge in [0.2, 0.25) is 10.0 Å². The van der Waals surface area contributed by atoms with Crippen LogP contribution in [0.4, 0.5) is 4.39 Å². The standard InChI is InChI=1S/C13H20FNO3S/c1-3-11(2)15-19(16,17)10-4-9-18-13-7-5-12(14)6-8-13/h5-8,11,15H,3-4,9-10H2,1-2H3. The maximum atomic E-state index is 12.6. The molecule has 0 fully saturated rings. The summed E-state index contributed by atoms with van der Waals surface area (Å²) in [6.45, 7) is 4.03. The molecule has 0 amide bonds. The van der Waals surface area contributed by atoms with Gasteiger partial charge < -0.3 is 4.74 Å². The van der Waals surface area contributed by atoms with E-state index in [0.717, 1.165) is 6.42 Å². The topological polar surface area (TPSA) is 55.4 Å². The van der Waals surface area contributed by atoms with E-state index in [1.54, 1.807) is 0 Å². The van der Waals surface area contributed by atoms with Crippen LogP contribution in [0, 0.1) is 5.82 Å². The first-order valence-electron chi connectivity index (χ1n) is 6.31. The van der Waals surface area contributed by atoms with Crippen LogP contribution < -0.4 is 9.46 Å². The van der Waals surface area contributed by atoms with E-state index in [1.165, 1.54) is 24.3 Å². The zero-order valence-corrected chi connectivity index (χ0v) is 12.0. The Kier molecular flexibility index (Phi) is 6.24. The number of benzene rings is 1. The van der Waals surface area contributed by atoms with E-state index < -0.39 is 10.0 Å². The highest BCUT2D eigenvalue weighted by Gasteiger charge is 2.12. The highest BCUT2D eigenvalue weighted by Crippen LogP contribution is 2.11. The molecule has 0 aromatic heterocycles. The summed E-state index contributed by atoms with van der Waals surface area (Å²) in [5, 5.41) is 0. The summed E-state index contributed by atoms with van der Waals surface area (Å²) in [7, 11) is -3.24. The van der Waals surface area contributed by atoms with Gasteiger partial charge in [-0.2, -0.15) is 0 Å². The molecule has 1 aromatic carbocycles. The van der Waals surface area contributed by atoms with Crippen molar-refractivity contribution in [3.63, 3.8) is 0 Å². The van der Waals surface area contributed by atoms with Crippen LogP contribution in [0.3, 0.4) is 0 Å². The molecule has 1 aromatic rings. The number of halogens is 1. The fraction of sp³-hybridized carbons (Fsp3) is 0.538. The van der Waals surface area contributed by atoms with Gasteiger partial charge in [0.15, 0.2) is 0 Å². The van der Waals surface area contributed by atoms with Gasteiger partial charge in [0.05, 0.1) is 12.4 Å². The maximum Gasteiger partial charge on any atom is 0.211 e. The average Bonchev–Trinajstić information content (AvgIpc) is 2.36. The first-order valence-corrected chi connectivity index (χ1v) is 7.96. The smallest absolute Gasteiger partial charge is 0.211 e. The molecule has 1 rings (SSSR count). The van der Waals surface area contributed by atoms with E-state index in [4.69, 9.17) is 4.74 Å². The Morgan fingerprint density at radius 1 is 1.32 bits per heavy atom. The number of rotatable bonds is 8. The molecular formula is C13H20FNO3S. The molecule has 0 aliphatic rings. The van der Waals surface area contributed by atoms with Crippen LogP contribution >= 0.6 is 0 Å². The third-order valence-corrected chi connectivity index (χ3v) is 4.22. The van der Waals surface area contributed by atoms with Crippen LogP contribution in [0.1, 0.15) is 26.7 Å². The molecule has 0 radical (unpaired) electrons. The SMILES string of the molecule is CCC(C)NS(=O)(=O)CCCOc1ccc(F)cc1. The number of hydrogen-bond donors (Lipinski definition) is 1. The lowest BCUT2D eigenvalue weighted by atomic mass is 10.3. The maximum absolute atomic E-state index is 12.6. The molecule has 0 aliphatic heterocycles. The second-order valence-corrected chi connectivity index (χ2v) is 6.28. The third kappa shape index (κ3) is 6.54. The molecular weight excluding hydrogens is 269 g/mol. The summed E-state index contributed by atoms with van der Waals surface area (Å²) in [5.74, 6) is 0.236. The van der Waals surface area contributed by atoms with Crippen molar-refractivity contribution in [2.24, 2.45) is 0 Å². The first kappa shape index (κ1) is 15.9. The minimum Gasteiger partial charge on any atom is -0.494 e. The van der Waals surface area contributed by atoms with Gasteiger partial charge in [-0.25, -0.2) is 17.5 Å². The normalized spacial score (nSPS) is 13.2. The fourth-order valence-electron chi connectivity index (χ4n) is 1.42. The Morgan fingerprint density at radius 2 is 1.95 bits per heavy atom. The summed E-state index contributed by atoms with van der Waals surface area (Å²) in [6, 6.07) is 5.58.